The maximum Gasteiger partial charge on any atom is 0.410 e. The van der Waals surface area contributed by atoms with Crippen molar-refractivity contribution in [2.75, 3.05) is 78.5 Å². The zero-order valence-electron chi connectivity index (χ0n) is 40.1. The molecule has 0 aliphatic carbocycles. The number of hydrogen-bond acceptors (Lipinski definition) is 14. The van der Waals surface area contributed by atoms with Crippen molar-refractivity contribution in [1.82, 2.24) is 30.2 Å². The predicted molar refractivity (Wildman–Crippen MR) is 250 cm³/mol. The predicted octanol–water partition coefficient (Wildman–Crippen LogP) is 6.36. The molecular formula is C46H75N9O10. The second-order valence-electron chi connectivity index (χ2n) is 19.7. The third kappa shape index (κ3) is 22.6. The van der Waals surface area contributed by atoms with E-state index in [9.17, 15) is 34.6 Å². The summed E-state index contributed by atoms with van der Waals surface area (Å²) in [6.45, 7) is 23.7. The van der Waals surface area contributed by atoms with Gasteiger partial charge in [0.2, 0.25) is 0 Å². The van der Waals surface area contributed by atoms with E-state index in [-0.39, 0.29) is 35.4 Å². The molecule has 19 nitrogen and oxygen atoms in total. The molecule has 2 aliphatic rings. The fourth-order valence-corrected chi connectivity index (χ4v) is 7.16. The number of nitro groups is 2. The van der Waals surface area contributed by atoms with E-state index in [1.807, 2.05) is 0 Å². The van der Waals surface area contributed by atoms with Crippen LogP contribution in [-0.2, 0) is 27.1 Å². The van der Waals surface area contributed by atoms with E-state index in [4.69, 9.17) is 19.9 Å². The van der Waals surface area contributed by atoms with E-state index in [1.54, 1.807) is 109 Å². The van der Waals surface area contributed by atoms with E-state index in [2.05, 4.69) is 20.4 Å². The van der Waals surface area contributed by atoms with Gasteiger partial charge < -0.3 is 45.3 Å². The normalized spacial score (nSPS) is 17.2. The smallest absolute Gasteiger partial charge is 0.410 e. The minimum absolute atomic E-state index is 0.0233. The average Bonchev–Trinajstić information content (AvgIpc) is 3.37. The lowest BCUT2D eigenvalue weighted by molar-refractivity contribution is -0.385. The standard InChI is InChI=1S/C30H49N5O8.C16H26N4O2/c1-28(2,3)41-25(36)31-23(20-22-10-12-24(13-11-22)35(39)40)21-32-14-16-33(26(37)42-29(4,5)6)18-19-34(17-15-32)27(38)43-30(7,8)9;17-15(12-14-4-6-16(7-5-14)20(21)22)13-19-10-3-1-2-8-18-9-11-19/h10-13,23H,14-21H2,1-9H3,(H,31,36);4-7,15,18H,1-3,8-13,17H2. The van der Waals surface area contributed by atoms with E-state index < -0.39 is 46.0 Å². The maximum absolute atomic E-state index is 13.0. The zero-order valence-corrected chi connectivity index (χ0v) is 40.1. The SMILES string of the molecule is CC(C)(C)OC(=O)NC(Cc1ccc([N+](=O)[O-])cc1)CN1CCN(C(=O)OC(C)(C)C)CCN(C(=O)OC(C)(C)C)CC1.NC(Cc1ccc([N+](=O)[O-])cc1)CN1CCCCCNCC1. The topological polar surface area (TPSA) is 228 Å². The van der Waals surface area contributed by atoms with Gasteiger partial charge in [0, 0.05) is 102 Å². The number of non-ortho nitro benzene ring substituents is 2. The number of benzene rings is 2. The summed E-state index contributed by atoms with van der Waals surface area (Å²) in [7, 11) is 0. The van der Waals surface area contributed by atoms with Crippen LogP contribution in [0.15, 0.2) is 48.5 Å². The molecule has 2 saturated heterocycles. The van der Waals surface area contributed by atoms with Crippen molar-refractivity contribution in [2.24, 2.45) is 5.73 Å². The first kappa shape index (κ1) is 54.2. The molecule has 19 heteroatoms. The number of carbonyl (C=O) groups excluding carboxylic acids is 3. The number of rotatable bonds is 11. The van der Waals surface area contributed by atoms with Crippen molar-refractivity contribution < 1.29 is 38.4 Å². The van der Waals surface area contributed by atoms with Crippen LogP contribution in [0.3, 0.4) is 0 Å². The van der Waals surface area contributed by atoms with Crippen LogP contribution in [0.4, 0.5) is 25.8 Å². The molecule has 4 rings (SSSR count). The van der Waals surface area contributed by atoms with Crippen molar-refractivity contribution in [2.45, 2.75) is 123 Å². The summed E-state index contributed by atoms with van der Waals surface area (Å²) < 4.78 is 16.8. The van der Waals surface area contributed by atoms with Gasteiger partial charge in [0.05, 0.1) is 9.85 Å². The van der Waals surface area contributed by atoms with E-state index >= 15 is 0 Å². The molecule has 2 fully saturated rings. The number of nitrogens with two attached hydrogens (primary N) is 1. The maximum atomic E-state index is 13.0. The molecule has 3 amide bonds. The van der Waals surface area contributed by atoms with Gasteiger partial charge in [0.1, 0.15) is 16.8 Å². The fourth-order valence-electron chi connectivity index (χ4n) is 7.16. The lowest BCUT2D eigenvalue weighted by Gasteiger charge is -2.31. The number of nitro benzene ring substituents is 2. The highest BCUT2D eigenvalue weighted by molar-refractivity contribution is 5.70. The molecule has 2 aliphatic heterocycles. The molecule has 0 bridgehead atoms. The van der Waals surface area contributed by atoms with E-state index in [1.165, 1.54) is 31.4 Å². The summed E-state index contributed by atoms with van der Waals surface area (Å²) in [5.41, 5.74) is 6.14. The van der Waals surface area contributed by atoms with Gasteiger partial charge >= 0.3 is 18.3 Å². The van der Waals surface area contributed by atoms with E-state index in [0.29, 0.717) is 39.1 Å². The molecule has 0 spiro atoms. The first-order valence-electron chi connectivity index (χ1n) is 22.7. The lowest BCUT2D eigenvalue weighted by Crippen LogP contribution is -2.49. The Hall–Kier alpha value is -5.11. The van der Waals surface area contributed by atoms with Gasteiger partial charge in [-0.25, -0.2) is 14.4 Å². The Bertz CT molecular complexity index is 1760. The Morgan fingerprint density at radius 1 is 0.615 bits per heavy atom. The van der Waals surface area contributed by atoms with Crippen molar-refractivity contribution in [3.8, 4) is 0 Å². The van der Waals surface area contributed by atoms with Crippen LogP contribution >= 0.6 is 0 Å². The molecule has 0 saturated carbocycles. The lowest BCUT2D eigenvalue weighted by atomic mass is 10.0. The highest BCUT2D eigenvalue weighted by Gasteiger charge is 2.30. The first-order valence-corrected chi connectivity index (χ1v) is 22.7. The van der Waals surface area contributed by atoms with Gasteiger partial charge in [0.15, 0.2) is 0 Å². The molecule has 2 unspecified atom stereocenters. The molecule has 2 heterocycles. The van der Waals surface area contributed by atoms with Gasteiger partial charge in [0.25, 0.3) is 11.4 Å². The van der Waals surface area contributed by atoms with Crippen LogP contribution in [-0.4, -0.2) is 155 Å². The zero-order chi connectivity index (χ0) is 48.4. The molecule has 2 aromatic rings. The van der Waals surface area contributed by atoms with Crippen LogP contribution in [0, 0.1) is 20.2 Å². The third-order valence-corrected chi connectivity index (χ3v) is 10.2. The summed E-state index contributed by atoms with van der Waals surface area (Å²) >= 11 is 0. The van der Waals surface area contributed by atoms with Crippen LogP contribution in [0.25, 0.3) is 0 Å². The minimum atomic E-state index is -0.706. The Morgan fingerprint density at radius 3 is 1.52 bits per heavy atom. The number of carbonyl (C=O) groups is 3. The molecule has 0 aromatic heterocycles. The molecule has 4 N–H and O–H groups in total. The molecular weight excluding hydrogens is 839 g/mol. The van der Waals surface area contributed by atoms with Crippen LogP contribution < -0.4 is 16.4 Å². The fraction of sp³-hybridized carbons (Fsp3) is 0.674. The molecule has 0 radical (unpaired) electrons. The van der Waals surface area contributed by atoms with Crippen molar-refractivity contribution in [1.29, 1.82) is 0 Å². The van der Waals surface area contributed by atoms with Gasteiger partial charge in [-0.15, -0.1) is 0 Å². The molecule has 364 valence electrons. The van der Waals surface area contributed by atoms with E-state index in [0.717, 1.165) is 50.3 Å². The molecule has 65 heavy (non-hydrogen) atoms. The highest BCUT2D eigenvalue weighted by Crippen LogP contribution is 2.18. The minimum Gasteiger partial charge on any atom is -0.444 e. The first-order chi connectivity index (χ1) is 30.4. The number of alkyl carbamates (subject to hydrolysis) is 1. The van der Waals surface area contributed by atoms with Crippen molar-refractivity contribution in [3.63, 3.8) is 0 Å². The van der Waals surface area contributed by atoms with Crippen LogP contribution in [0.2, 0.25) is 0 Å². The summed E-state index contributed by atoms with van der Waals surface area (Å²) in [5.74, 6) is 0. The largest absolute Gasteiger partial charge is 0.444 e. The van der Waals surface area contributed by atoms with Crippen LogP contribution in [0.1, 0.15) is 92.7 Å². The molecule has 2 atom stereocenters. The number of ether oxygens (including phenoxy) is 3. The third-order valence-electron chi connectivity index (χ3n) is 10.2. The molecule has 2 aromatic carbocycles. The Kier molecular flexibility index (Phi) is 21.3. The summed E-state index contributed by atoms with van der Waals surface area (Å²) in [6.07, 6.45) is 3.33. The Balaban J connectivity index is 0.000000425. The average molecular weight is 914 g/mol. The van der Waals surface area contributed by atoms with Gasteiger partial charge in [-0.05, 0) is 112 Å². The second-order valence-corrected chi connectivity index (χ2v) is 19.7. The van der Waals surface area contributed by atoms with Crippen molar-refractivity contribution in [3.05, 3.63) is 79.9 Å². The number of amides is 3. The highest BCUT2D eigenvalue weighted by atomic mass is 16.6. The quantitative estimate of drug-likeness (QED) is 0.127. The number of nitrogens with one attached hydrogen (secondary N) is 2. The summed E-state index contributed by atoms with van der Waals surface area (Å²) in [4.78, 5) is 67.5. The van der Waals surface area contributed by atoms with Gasteiger partial charge in [-0.2, -0.15) is 0 Å². The number of hydrogen-bond donors (Lipinski definition) is 3. The number of nitrogens with zero attached hydrogens (tertiary/aromatic N) is 6. The van der Waals surface area contributed by atoms with Crippen molar-refractivity contribution >= 4 is 29.7 Å². The van der Waals surface area contributed by atoms with Crippen LogP contribution in [0.5, 0.6) is 0 Å². The second kappa shape index (κ2) is 25.5. The Labute approximate surface area is 385 Å². The van der Waals surface area contributed by atoms with Gasteiger partial charge in [-0.1, -0.05) is 30.7 Å². The summed E-state index contributed by atoms with van der Waals surface area (Å²) in [6, 6.07) is 12.5. The monoisotopic (exact) mass is 914 g/mol. The summed E-state index contributed by atoms with van der Waals surface area (Å²) in [5, 5.41) is 28.2. The Morgan fingerprint density at radius 2 is 1.06 bits per heavy atom. The van der Waals surface area contributed by atoms with Gasteiger partial charge in [-0.3, -0.25) is 25.1 Å².